The van der Waals surface area contributed by atoms with Crippen LogP contribution in [0.5, 0.6) is 0 Å². The van der Waals surface area contributed by atoms with Gasteiger partial charge in [-0.1, -0.05) is 24.6 Å². The van der Waals surface area contributed by atoms with Crippen LogP contribution in [0.1, 0.15) is 18.9 Å². The molecule has 1 saturated heterocycles. The number of hydrogen-bond donors (Lipinski definition) is 0. The van der Waals surface area contributed by atoms with Crippen LogP contribution < -0.4 is 0 Å². The van der Waals surface area contributed by atoms with Crippen LogP contribution in [0.15, 0.2) is 29.2 Å². The SMILES string of the molecule is Cc1ccc(S(=O)(=O)N2C[C@@H](C)C[C@H](OS(=O)C(F)(F)F)C2)cc1. The van der Waals surface area contributed by atoms with E-state index in [1.54, 1.807) is 19.1 Å². The first-order valence-electron chi connectivity index (χ1n) is 7.22. The normalized spacial score (nSPS) is 24.7. The van der Waals surface area contributed by atoms with E-state index in [1.165, 1.54) is 12.1 Å². The first-order chi connectivity index (χ1) is 11.0. The zero-order valence-electron chi connectivity index (χ0n) is 13.1. The second-order valence-electron chi connectivity index (χ2n) is 5.87. The summed E-state index contributed by atoms with van der Waals surface area (Å²) in [5.74, 6) is -0.214. The molecule has 136 valence electrons. The Labute approximate surface area is 141 Å². The lowest BCUT2D eigenvalue weighted by Crippen LogP contribution is -2.47. The van der Waals surface area contributed by atoms with Crippen molar-refractivity contribution in [2.45, 2.75) is 36.8 Å². The van der Waals surface area contributed by atoms with E-state index in [0.717, 1.165) is 9.87 Å². The monoisotopic (exact) mass is 385 g/mol. The highest BCUT2D eigenvalue weighted by molar-refractivity contribution is 7.89. The van der Waals surface area contributed by atoms with Crippen molar-refractivity contribution in [1.29, 1.82) is 0 Å². The van der Waals surface area contributed by atoms with E-state index in [1.807, 2.05) is 6.92 Å². The zero-order valence-corrected chi connectivity index (χ0v) is 14.7. The number of alkyl halides is 3. The molecule has 1 fully saturated rings. The Kier molecular flexibility index (Phi) is 5.73. The van der Waals surface area contributed by atoms with Crippen LogP contribution >= 0.6 is 0 Å². The van der Waals surface area contributed by atoms with Crippen molar-refractivity contribution in [2.75, 3.05) is 13.1 Å². The van der Waals surface area contributed by atoms with Crippen molar-refractivity contribution in [3.8, 4) is 0 Å². The van der Waals surface area contributed by atoms with Crippen LogP contribution in [0.3, 0.4) is 0 Å². The molecule has 0 radical (unpaired) electrons. The van der Waals surface area contributed by atoms with Gasteiger partial charge < -0.3 is 0 Å². The fraction of sp³-hybridized carbons (Fsp3) is 0.571. The van der Waals surface area contributed by atoms with Gasteiger partial charge in [0.25, 0.3) is 11.1 Å². The molecule has 1 aromatic carbocycles. The van der Waals surface area contributed by atoms with Crippen molar-refractivity contribution < 1.29 is 30.0 Å². The molecule has 3 atom stereocenters. The lowest BCUT2D eigenvalue weighted by molar-refractivity contribution is -0.0519. The van der Waals surface area contributed by atoms with Gasteiger partial charge in [-0.2, -0.15) is 17.5 Å². The molecule has 0 aliphatic carbocycles. The largest absolute Gasteiger partial charge is 0.497 e. The van der Waals surface area contributed by atoms with E-state index < -0.39 is 32.7 Å². The number of nitrogens with zero attached hydrogens (tertiary/aromatic N) is 1. The van der Waals surface area contributed by atoms with Gasteiger partial charge in [0.1, 0.15) is 0 Å². The summed E-state index contributed by atoms with van der Waals surface area (Å²) < 4.78 is 79.2. The third-order valence-electron chi connectivity index (χ3n) is 3.66. The second kappa shape index (κ2) is 7.11. The Morgan fingerprint density at radius 2 is 1.79 bits per heavy atom. The number of aryl methyl sites for hydroxylation is 1. The average Bonchev–Trinajstić information content (AvgIpc) is 2.46. The lowest BCUT2D eigenvalue weighted by atomic mass is 10.00. The molecule has 0 aromatic heterocycles. The number of rotatable bonds is 4. The van der Waals surface area contributed by atoms with Crippen molar-refractivity contribution >= 4 is 21.1 Å². The maximum Gasteiger partial charge on any atom is 0.497 e. The second-order valence-corrected chi connectivity index (χ2v) is 8.94. The number of halogens is 3. The fourth-order valence-electron chi connectivity index (χ4n) is 2.55. The van der Waals surface area contributed by atoms with Crippen molar-refractivity contribution in [1.82, 2.24) is 4.31 Å². The first kappa shape index (κ1) is 19.4. The number of sulfonamides is 1. The Balaban J connectivity index is 2.18. The molecule has 1 heterocycles. The summed E-state index contributed by atoms with van der Waals surface area (Å²) in [5, 5.41) is 0. The minimum Gasteiger partial charge on any atom is -0.279 e. The highest BCUT2D eigenvalue weighted by Crippen LogP contribution is 2.28. The molecule has 5 nitrogen and oxygen atoms in total. The predicted octanol–water partition coefficient (Wildman–Crippen LogP) is 2.59. The molecule has 0 saturated carbocycles. The highest BCUT2D eigenvalue weighted by atomic mass is 32.2. The minimum absolute atomic E-state index is 0.0675. The smallest absolute Gasteiger partial charge is 0.279 e. The van der Waals surface area contributed by atoms with Gasteiger partial charge in [0, 0.05) is 13.1 Å². The quantitative estimate of drug-likeness (QED) is 0.799. The summed E-state index contributed by atoms with van der Waals surface area (Å²) in [5.41, 5.74) is -4.09. The van der Waals surface area contributed by atoms with E-state index in [4.69, 9.17) is 0 Å². The Morgan fingerprint density at radius 1 is 1.21 bits per heavy atom. The van der Waals surface area contributed by atoms with Gasteiger partial charge in [-0.05, 0) is 31.4 Å². The zero-order chi connectivity index (χ0) is 18.1. The fourth-order valence-corrected chi connectivity index (χ4v) is 4.64. The van der Waals surface area contributed by atoms with Crippen LogP contribution in [0, 0.1) is 12.8 Å². The summed E-state index contributed by atoms with van der Waals surface area (Å²) in [6, 6.07) is 6.20. The Morgan fingerprint density at radius 3 is 2.33 bits per heavy atom. The lowest BCUT2D eigenvalue weighted by Gasteiger charge is -2.34. The van der Waals surface area contributed by atoms with Gasteiger partial charge in [0.15, 0.2) is 0 Å². The van der Waals surface area contributed by atoms with E-state index in [2.05, 4.69) is 4.18 Å². The van der Waals surface area contributed by atoms with Gasteiger partial charge in [-0.3, -0.25) is 4.18 Å². The number of hydrogen-bond acceptors (Lipinski definition) is 4. The molecule has 2 rings (SSSR count). The van der Waals surface area contributed by atoms with E-state index in [-0.39, 0.29) is 30.3 Å². The Bertz CT molecular complexity index is 704. The number of benzene rings is 1. The van der Waals surface area contributed by atoms with E-state index in [9.17, 15) is 25.8 Å². The maximum absolute atomic E-state index is 12.6. The average molecular weight is 385 g/mol. The summed E-state index contributed by atoms with van der Waals surface area (Å²) in [7, 11) is -3.84. The van der Waals surface area contributed by atoms with Crippen LogP contribution in [-0.2, 0) is 25.3 Å². The topological polar surface area (TPSA) is 63.7 Å². The van der Waals surface area contributed by atoms with Gasteiger partial charge in [0.05, 0.1) is 11.0 Å². The van der Waals surface area contributed by atoms with Gasteiger partial charge >= 0.3 is 5.51 Å². The Hall–Kier alpha value is -0.970. The maximum atomic E-state index is 12.6. The molecule has 1 unspecified atom stereocenters. The molecule has 0 bridgehead atoms. The molecule has 10 heteroatoms. The van der Waals surface area contributed by atoms with Crippen LogP contribution in [0.4, 0.5) is 13.2 Å². The minimum atomic E-state index is -4.98. The molecular weight excluding hydrogens is 367 g/mol. The number of piperidine rings is 1. The molecule has 1 aliphatic heterocycles. The highest BCUT2D eigenvalue weighted by Gasteiger charge is 2.42. The van der Waals surface area contributed by atoms with E-state index >= 15 is 0 Å². The summed E-state index contributed by atoms with van der Waals surface area (Å²) in [6.07, 6.45) is -0.863. The van der Waals surface area contributed by atoms with Crippen molar-refractivity contribution in [3.63, 3.8) is 0 Å². The van der Waals surface area contributed by atoms with Gasteiger partial charge in [-0.25, -0.2) is 12.6 Å². The summed E-state index contributed by atoms with van der Waals surface area (Å²) in [4.78, 5) is 0.0675. The molecule has 0 N–H and O–H groups in total. The van der Waals surface area contributed by atoms with Crippen LogP contribution in [0.2, 0.25) is 0 Å². The molecule has 0 amide bonds. The molecular formula is C14H18F3NO4S2. The van der Waals surface area contributed by atoms with Gasteiger partial charge in [0.2, 0.25) is 10.0 Å². The van der Waals surface area contributed by atoms with Gasteiger partial charge in [-0.15, -0.1) is 0 Å². The third-order valence-corrected chi connectivity index (χ3v) is 6.33. The molecule has 0 spiro atoms. The molecule has 24 heavy (non-hydrogen) atoms. The summed E-state index contributed by atoms with van der Waals surface area (Å²) >= 11 is -3.46. The van der Waals surface area contributed by atoms with Crippen molar-refractivity contribution in [2.24, 2.45) is 5.92 Å². The predicted molar refractivity (Wildman–Crippen MR) is 82.8 cm³/mol. The summed E-state index contributed by atoms with van der Waals surface area (Å²) in [6.45, 7) is 3.44. The standard InChI is InChI=1S/C14H18F3NO4S2/c1-10-3-5-13(6-4-10)24(20,21)18-8-11(2)7-12(9-18)22-23(19)14(15,16)17/h3-6,11-12H,7-9H2,1-2H3/t11-,12-,23?/m0/s1. The van der Waals surface area contributed by atoms with Crippen LogP contribution in [0.25, 0.3) is 0 Å². The first-order valence-corrected chi connectivity index (χ1v) is 9.74. The van der Waals surface area contributed by atoms with Crippen LogP contribution in [-0.4, -0.2) is 41.6 Å². The molecule has 1 aromatic rings. The molecule has 1 aliphatic rings. The van der Waals surface area contributed by atoms with E-state index in [0.29, 0.717) is 0 Å². The third kappa shape index (κ3) is 4.56. The van der Waals surface area contributed by atoms with Crippen molar-refractivity contribution in [3.05, 3.63) is 29.8 Å².